The number of aromatic nitrogens is 4. The Morgan fingerprint density at radius 1 is 1.06 bits per heavy atom. The van der Waals surface area contributed by atoms with Crippen LogP contribution in [-0.2, 0) is 4.79 Å². The summed E-state index contributed by atoms with van der Waals surface area (Å²) >= 11 is 3.60. The number of benzene rings is 1. The molecule has 4 aromatic rings. The Morgan fingerprint density at radius 3 is 2.44 bits per heavy atom. The van der Waals surface area contributed by atoms with E-state index >= 15 is 0 Å². The Hall–Kier alpha value is -3.30. The Morgan fingerprint density at radius 2 is 1.79 bits per heavy atom. The molecule has 3 heterocycles. The summed E-state index contributed by atoms with van der Waals surface area (Å²) in [6, 6.07) is 14.0. The number of anilines is 1. The van der Waals surface area contributed by atoms with E-state index < -0.39 is 12.1 Å². The fraction of sp³-hybridized carbons (Fsp3) is 0.280. The number of hydrogen-bond acceptors (Lipinski definition) is 6. The number of halogens is 1. The van der Waals surface area contributed by atoms with Gasteiger partial charge in [-0.05, 0) is 53.6 Å². The van der Waals surface area contributed by atoms with Gasteiger partial charge in [-0.15, -0.1) is 0 Å². The molecule has 0 saturated heterocycles. The van der Waals surface area contributed by atoms with Crippen molar-refractivity contribution >= 4 is 33.4 Å². The first-order valence-corrected chi connectivity index (χ1v) is 12.0. The molecule has 9 heteroatoms. The molecule has 0 amide bonds. The molecule has 174 valence electrons. The van der Waals surface area contributed by atoms with Crippen LogP contribution in [0.1, 0.15) is 37.3 Å². The maximum atomic E-state index is 11.1. The summed E-state index contributed by atoms with van der Waals surface area (Å²) in [5.41, 5.74) is 11.6. The van der Waals surface area contributed by atoms with Crippen LogP contribution in [0.2, 0.25) is 0 Å². The number of nitrogens with two attached hydrogens (primary N) is 1. The normalized spacial score (nSPS) is 19.2. The quantitative estimate of drug-likeness (QED) is 0.352. The number of carboxylic acid groups (broad SMARTS) is 1. The fourth-order valence-electron chi connectivity index (χ4n) is 4.73. The van der Waals surface area contributed by atoms with E-state index in [-0.39, 0.29) is 11.8 Å². The fourth-order valence-corrected chi connectivity index (χ4v) is 5.31. The van der Waals surface area contributed by atoms with Crippen molar-refractivity contribution in [2.45, 2.75) is 37.7 Å². The molecule has 0 aliphatic heterocycles. The molecule has 5 rings (SSSR count). The van der Waals surface area contributed by atoms with Gasteiger partial charge in [0.05, 0.1) is 22.1 Å². The first kappa shape index (κ1) is 22.5. The summed E-state index contributed by atoms with van der Waals surface area (Å²) in [5, 5.41) is 23.5. The number of carbonyl (C=O) groups is 1. The third kappa shape index (κ3) is 4.05. The van der Waals surface area contributed by atoms with Crippen LogP contribution in [0.3, 0.4) is 0 Å². The average Bonchev–Trinajstić information content (AvgIpc) is 3.30. The molecule has 34 heavy (non-hydrogen) atoms. The van der Waals surface area contributed by atoms with Gasteiger partial charge in [-0.25, -0.2) is 9.78 Å². The van der Waals surface area contributed by atoms with Crippen molar-refractivity contribution in [1.82, 2.24) is 19.6 Å². The summed E-state index contributed by atoms with van der Waals surface area (Å²) in [6.07, 6.45) is 4.94. The van der Waals surface area contributed by atoms with Crippen LogP contribution in [-0.4, -0.2) is 41.9 Å². The monoisotopic (exact) mass is 521 g/mol. The maximum Gasteiger partial charge on any atom is 0.332 e. The summed E-state index contributed by atoms with van der Waals surface area (Å²) in [7, 11) is 0. The largest absolute Gasteiger partial charge is 0.479 e. The van der Waals surface area contributed by atoms with E-state index in [0.29, 0.717) is 28.8 Å². The molecule has 8 nitrogen and oxygen atoms in total. The van der Waals surface area contributed by atoms with Crippen LogP contribution >= 0.6 is 15.9 Å². The van der Waals surface area contributed by atoms with Crippen molar-refractivity contribution in [3.63, 3.8) is 0 Å². The van der Waals surface area contributed by atoms with Crippen molar-refractivity contribution in [3.8, 4) is 22.4 Å². The van der Waals surface area contributed by atoms with E-state index in [1.807, 2.05) is 48.7 Å². The lowest BCUT2D eigenvalue weighted by Gasteiger charge is -2.30. The lowest BCUT2D eigenvalue weighted by atomic mass is 9.78. The standard InChI is InChI=1S/C25H24BrN5O3/c26-20-21(15-6-8-16(9-7-15)22(32)25(33)34)30-24-18(13-29-31(24)23(20)27)17-10-11-19(28-12-17)14-4-2-1-3-5-14/h1-5,10-13,15-16,22,32H,6-9,27H2,(H,33,34). The van der Waals surface area contributed by atoms with Gasteiger partial charge in [0, 0.05) is 28.8 Å². The van der Waals surface area contributed by atoms with E-state index in [9.17, 15) is 9.90 Å². The molecule has 4 N–H and O–H groups in total. The van der Waals surface area contributed by atoms with E-state index in [4.69, 9.17) is 15.8 Å². The minimum Gasteiger partial charge on any atom is -0.479 e. The zero-order chi connectivity index (χ0) is 23.8. The Labute approximate surface area is 204 Å². The van der Waals surface area contributed by atoms with Crippen LogP contribution in [0.15, 0.2) is 59.3 Å². The van der Waals surface area contributed by atoms with E-state index in [1.54, 1.807) is 10.7 Å². The lowest BCUT2D eigenvalue weighted by molar-refractivity contribution is -0.150. The SMILES string of the molecule is Nc1c(Br)c(C2CCC(C(O)C(=O)O)CC2)nc2c(-c3ccc(-c4ccccc4)nc3)cnn12. The van der Waals surface area contributed by atoms with Gasteiger partial charge in [0.1, 0.15) is 5.82 Å². The Bertz CT molecular complexity index is 1330. The Balaban J connectivity index is 1.46. The number of nitrogens with zero attached hydrogens (tertiary/aromatic N) is 4. The van der Waals surface area contributed by atoms with E-state index in [2.05, 4.69) is 26.0 Å². The van der Waals surface area contributed by atoms with Gasteiger partial charge in [-0.3, -0.25) is 4.98 Å². The maximum absolute atomic E-state index is 11.1. The molecule has 0 spiro atoms. The number of rotatable bonds is 5. The number of pyridine rings is 1. The number of nitrogen functional groups attached to an aromatic ring is 1. The smallest absolute Gasteiger partial charge is 0.332 e. The highest BCUT2D eigenvalue weighted by Gasteiger charge is 2.33. The number of hydrogen-bond donors (Lipinski definition) is 3. The highest BCUT2D eigenvalue weighted by atomic mass is 79.9. The molecule has 1 atom stereocenters. The average molecular weight is 522 g/mol. The minimum atomic E-state index is -1.32. The number of fused-ring (bicyclic) bond motifs is 1. The highest BCUT2D eigenvalue weighted by Crippen LogP contribution is 2.41. The molecular formula is C25H24BrN5O3. The van der Waals surface area contributed by atoms with Gasteiger partial charge < -0.3 is 15.9 Å². The molecule has 3 aromatic heterocycles. The van der Waals surface area contributed by atoms with Crippen molar-refractivity contribution in [3.05, 3.63) is 65.0 Å². The molecule has 1 aliphatic rings. The van der Waals surface area contributed by atoms with Crippen LogP contribution in [0.25, 0.3) is 28.0 Å². The predicted molar refractivity (Wildman–Crippen MR) is 132 cm³/mol. The second kappa shape index (κ2) is 9.15. The van der Waals surface area contributed by atoms with Gasteiger partial charge in [0.25, 0.3) is 0 Å². The van der Waals surface area contributed by atoms with Gasteiger partial charge in [0.15, 0.2) is 11.8 Å². The van der Waals surface area contributed by atoms with Crippen molar-refractivity contribution in [2.24, 2.45) is 5.92 Å². The first-order valence-electron chi connectivity index (χ1n) is 11.2. The van der Waals surface area contributed by atoms with Crippen molar-refractivity contribution in [2.75, 3.05) is 5.73 Å². The van der Waals surface area contributed by atoms with Gasteiger partial charge in [-0.2, -0.15) is 9.61 Å². The van der Waals surface area contributed by atoms with Crippen LogP contribution in [0.5, 0.6) is 0 Å². The second-order valence-corrected chi connectivity index (χ2v) is 9.48. The van der Waals surface area contributed by atoms with E-state index in [0.717, 1.165) is 40.9 Å². The second-order valence-electron chi connectivity index (χ2n) is 8.68. The summed E-state index contributed by atoms with van der Waals surface area (Å²) in [6.45, 7) is 0. The van der Waals surface area contributed by atoms with Gasteiger partial charge in [0.2, 0.25) is 0 Å². The van der Waals surface area contributed by atoms with Gasteiger partial charge >= 0.3 is 5.97 Å². The summed E-state index contributed by atoms with van der Waals surface area (Å²) < 4.78 is 2.32. The zero-order valence-corrected chi connectivity index (χ0v) is 19.9. The molecule has 0 radical (unpaired) electrons. The molecule has 1 aromatic carbocycles. The van der Waals surface area contributed by atoms with Crippen molar-refractivity contribution < 1.29 is 15.0 Å². The number of carboxylic acids is 1. The summed E-state index contributed by atoms with van der Waals surface area (Å²) in [4.78, 5) is 20.7. The Kier molecular flexibility index (Phi) is 6.05. The molecule has 0 bridgehead atoms. The number of aliphatic hydroxyl groups is 1. The van der Waals surface area contributed by atoms with E-state index in [1.165, 1.54) is 0 Å². The first-order chi connectivity index (χ1) is 16.4. The van der Waals surface area contributed by atoms with Gasteiger partial charge in [-0.1, -0.05) is 36.4 Å². The highest BCUT2D eigenvalue weighted by molar-refractivity contribution is 9.10. The number of aliphatic carboxylic acids is 1. The zero-order valence-electron chi connectivity index (χ0n) is 18.3. The predicted octanol–water partition coefficient (Wildman–Crippen LogP) is 4.52. The minimum absolute atomic E-state index is 0.111. The molecule has 1 unspecified atom stereocenters. The number of aliphatic hydroxyl groups excluding tert-OH is 1. The topological polar surface area (TPSA) is 127 Å². The molecule has 1 fully saturated rings. The molecule has 1 aliphatic carbocycles. The summed E-state index contributed by atoms with van der Waals surface area (Å²) in [5.74, 6) is -0.828. The molecule has 1 saturated carbocycles. The van der Waals surface area contributed by atoms with Crippen LogP contribution < -0.4 is 5.73 Å². The van der Waals surface area contributed by atoms with Crippen LogP contribution in [0, 0.1) is 5.92 Å². The third-order valence-corrected chi connectivity index (χ3v) is 7.46. The van der Waals surface area contributed by atoms with Crippen LogP contribution in [0.4, 0.5) is 5.82 Å². The van der Waals surface area contributed by atoms with Crippen molar-refractivity contribution in [1.29, 1.82) is 0 Å². The third-order valence-electron chi connectivity index (χ3n) is 6.65. The lowest BCUT2D eigenvalue weighted by Crippen LogP contribution is -2.32. The molecular weight excluding hydrogens is 498 g/mol.